The predicted octanol–water partition coefficient (Wildman–Crippen LogP) is 7.01. The molecule has 0 saturated carbocycles. The SMILES string of the molecule is CC(=O)[N+]1(C(C)(C)C)c2ccc(C#C[Si](C(C)C)(C(C)C)C(C)C)cc2[C@H](NC(=O)O)C[C@@H]1C. The number of hydrogen-bond acceptors (Lipinski definition) is 2. The summed E-state index contributed by atoms with van der Waals surface area (Å²) < 4.78 is 0.191. The van der Waals surface area contributed by atoms with Gasteiger partial charge in [-0.2, -0.15) is 0 Å². The number of nitrogens with zero attached hydrogens (tertiary/aromatic N) is 1. The summed E-state index contributed by atoms with van der Waals surface area (Å²) in [5, 5.41) is 12.2. The van der Waals surface area contributed by atoms with E-state index in [0.717, 1.165) is 16.8 Å². The zero-order valence-corrected chi connectivity index (χ0v) is 24.0. The van der Waals surface area contributed by atoms with Crippen molar-refractivity contribution in [2.45, 2.75) is 117 Å². The topological polar surface area (TPSA) is 66.4 Å². The average Bonchev–Trinajstić information content (AvgIpc) is 2.66. The van der Waals surface area contributed by atoms with Crippen LogP contribution in [0.25, 0.3) is 0 Å². The molecular formula is C28H45N2O3Si+. The van der Waals surface area contributed by atoms with Crippen molar-refractivity contribution >= 4 is 25.8 Å². The summed E-state index contributed by atoms with van der Waals surface area (Å²) in [6.45, 7) is 23.7. The van der Waals surface area contributed by atoms with Crippen molar-refractivity contribution in [3.63, 3.8) is 0 Å². The zero-order valence-electron chi connectivity index (χ0n) is 23.0. The van der Waals surface area contributed by atoms with Crippen molar-refractivity contribution in [1.82, 2.24) is 9.80 Å². The molecule has 1 unspecified atom stereocenters. The van der Waals surface area contributed by atoms with Crippen LogP contribution in [0.15, 0.2) is 18.2 Å². The Labute approximate surface area is 207 Å². The van der Waals surface area contributed by atoms with Gasteiger partial charge in [0.2, 0.25) is 0 Å². The van der Waals surface area contributed by atoms with Crippen LogP contribution in [-0.2, 0) is 4.79 Å². The molecule has 0 aliphatic carbocycles. The molecule has 2 amide bonds. The molecule has 0 saturated heterocycles. The first-order valence-electron chi connectivity index (χ1n) is 12.6. The molecule has 2 rings (SSSR count). The van der Waals surface area contributed by atoms with Gasteiger partial charge in [0.1, 0.15) is 25.3 Å². The molecule has 3 atom stereocenters. The van der Waals surface area contributed by atoms with E-state index in [-0.39, 0.29) is 28.0 Å². The molecule has 0 radical (unpaired) electrons. The maximum Gasteiger partial charge on any atom is 0.405 e. The molecule has 1 aromatic carbocycles. The van der Waals surface area contributed by atoms with Gasteiger partial charge < -0.3 is 10.4 Å². The van der Waals surface area contributed by atoms with Crippen LogP contribution in [0.1, 0.15) is 99.8 Å². The van der Waals surface area contributed by atoms with E-state index in [1.165, 1.54) is 0 Å². The molecule has 1 aliphatic heterocycles. The van der Waals surface area contributed by atoms with E-state index in [9.17, 15) is 14.7 Å². The van der Waals surface area contributed by atoms with E-state index in [1.54, 1.807) is 6.92 Å². The fourth-order valence-corrected chi connectivity index (χ4v) is 12.2. The molecular weight excluding hydrogens is 440 g/mol. The molecule has 1 heterocycles. The maximum atomic E-state index is 13.2. The Bertz CT molecular complexity index is 975. The number of carbonyl (C=O) groups is 2. The maximum absolute atomic E-state index is 13.2. The Hall–Kier alpha value is -2.10. The molecule has 0 fully saturated rings. The zero-order chi connectivity index (χ0) is 26.2. The van der Waals surface area contributed by atoms with Gasteiger partial charge in [-0.15, -0.1) is 5.54 Å². The van der Waals surface area contributed by atoms with Crippen molar-refractivity contribution < 1.29 is 14.7 Å². The van der Waals surface area contributed by atoms with E-state index < -0.39 is 14.2 Å². The summed E-state index contributed by atoms with van der Waals surface area (Å²) >= 11 is 0. The second-order valence-electron chi connectivity index (χ2n) is 11.9. The molecule has 188 valence electrons. The van der Waals surface area contributed by atoms with Gasteiger partial charge in [0.25, 0.3) is 0 Å². The highest BCUT2D eigenvalue weighted by atomic mass is 28.3. The lowest BCUT2D eigenvalue weighted by molar-refractivity contribution is -0.136. The summed E-state index contributed by atoms with van der Waals surface area (Å²) in [4.78, 5) is 24.9. The third-order valence-electron chi connectivity index (χ3n) is 8.16. The number of amides is 2. The van der Waals surface area contributed by atoms with Gasteiger partial charge in [-0.25, -0.2) is 14.1 Å². The normalized spacial score (nSPS) is 22.9. The second-order valence-corrected chi connectivity index (χ2v) is 17.5. The van der Waals surface area contributed by atoms with Crippen LogP contribution >= 0.6 is 0 Å². The Morgan fingerprint density at radius 3 is 2.03 bits per heavy atom. The lowest BCUT2D eigenvalue weighted by atomic mass is 9.83. The van der Waals surface area contributed by atoms with Crippen LogP contribution in [0.3, 0.4) is 0 Å². The predicted molar refractivity (Wildman–Crippen MR) is 145 cm³/mol. The van der Waals surface area contributed by atoms with Crippen LogP contribution in [0, 0.1) is 11.5 Å². The van der Waals surface area contributed by atoms with Crippen molar-refractivity contribution in [2.24, 2.45) is 0 Å². The number of carbonyl (C=O) groups excluding carboxylic acids is 1. The number of benzene rings is 1. The molecule has 0 aromatic heterocycles. The van der Waals surface area contributed by atoms with Gasteiger partial charge in [0, 0.05) is 23.6 Å². The standard InChI is InChI=1S/C28H44N2O3Si/c1-18(2)34(19(3)4,20(5)6)15-14-23-12-13-26-24(17-23)25(29-27(32)33)16-21(7)30(26,22(8)31)28(9,10)11/h12-13,17-21,25,29H,16H2,1-11H3/p+1/t21-,25+,30?/m0/s1. The molecule has 0 bridgehead atoms. The second kappa shape index (κ2) is 9.87. The molecule has 5 nitrogen and oxygen atoms in total. The Kier molecular flexibility index (Phi) is 8.17. The first kappa shape index (κ1) is 28.1. The number of carboxylic acid groups (broad SMARTS) is 1. The highest BCUT2D eigenvalue weighted by Gasteiger charge is 2.56. The van der Waals surface area contributed by atoms with Crippen molar-refractivity contribution in [3.8, 4) is 11.5 Å². The molecule has 6 heteroatoms. The fourth-order valence-electron chi connectivity index (χ4n) is 6.97. The fraction of sp³-hybridized carbons (Fsp3) is 0.643. The van der Waals surface area contributed by atoms with Crippen LogP contribution in [0.2, 0.25) is 16.6 Å². The first-order valence-corrected chi connectivity index (χ1v) is 14.8. The third kappa shape index (κ3) is 4.57. The Balaban J connectivity index is 2.80. The van der Waals surface area contributed by atoms with Gasteiger partial charge in [0.05, 0.1) is 13.0 Å². The molecule has 2 N–H and O–H groups in total. The van der Waals surface area contributed by atoms with E-state index in [4.69, 9.17) is 0 Å². The minimum atomic E-state index is -1.91. The summed E-state index contributed by atoms with van der Waals surface area (Å²) in [6, 6.07) is 5.61. The molecule has 1 aromatic rings. The summed E-state index contributed by atoms with van der Waals surface area (Å²) in [6.07, 6.45) is -0.500. The minimum Gasteiger partial charge on any atom is -0.465 e. The number of nitrogens with one attached hydrogen (secondary N) is 1. The molecule has 0 spiro atoms. The van der Waals surface area contributed by atoms with E-state index in [2.05, 4.69) is 79.1 Å². The van der Waals surface area contributed by atoms with Crippen LogP contribution in [-0.4, -0.2) is 36.8 Å². The lowest BCUT2D eigenvalue weighted by Crippen LogP contribution is -2.71. The molecule has 1 aliphatic rings. The average molecular weight is 486 g/mol. The van der Waals surface area contributed by atoms with Gasteiger partial charge >= 0.3 is 12.0 Å². The highest BCUT2D eigenvalue weighted by Crippen LogP contribution is 2.48. The number of quaternary nitrogens is 1. The van der Waals surface area contributed by atoms with Gasteiger partial charge in [0.15, 0.2) is 0 Å². The van der Waals surface area contributed by atoms with Crippen LogP contribution in [0.4, 0.5) is 10.5 Å². The lowest BCUT2D eigenvalue weighted by Gasteiger charge is -2.53. The van der Waals surface area contributed by atoms with Crippen molar-refractivity contribution in [1.29, 1.82) is 0 Å². The van der Waals surface area contributed by atoms with Gasteiger partial charge in [-0.05, 0) is 56.5 Å². The highest BCUT2D eigenvalue weighted by molar-refractivity contribution is 6.90. The van der Waals surface area contributed by atoms with E-state index in [1.807, 2.05) is 25.1 Å². The largest absolute Gasteiger partial charge is 0.465 e. The van der Waals surface area contributed by atoms with Crippen molar-refractivity contribution in [2.75, 3.05) is 0 Å². The van der Waals surface area contributed by atoms with Crippen LogP contribution < -0.4 is 9.80 Å². The van der Waals surface area contributed by atoms with E-state index >= 15 is 0 Å². The summed E-state index contributed by atoms with van der Waals surface area (Å²) in [5.74, 6) is 3.57. The van der Waals surface area contributed by atoms with Crippen LogP contribution in [0.5, 0.6) is 0 Å². The van der Waals surface area contributed by atoms with E-state index in [0.29, 0.717) is 23.0 Å². The summed E-state index contributed by atoms with van der Waals surface area (Å²) in [7, 11) is -1.91. The summed E-state index contributed by atoms with van der Waals surface area (Å²) in [5.41, 5.74) is 7.62. The smallest absolute Gasteiger partial charge is 0.405 e. The third-order valence-corrected chi connectivity index (χ3v) is 14.5. The van der Waals surface area contributed by atoms with Gasteiger partial charge in [-0.1, -0.05) is 47.5 Å². The Morgan fingerprint density at radius 2 is 1.62 bits per heavy atom. The number of fused-ring (bicyclic) bond motifs is 1. The van der Waals surface area contributed by atoms with Crippen molar-refractivity contribution in [3.05, 3.63) is 29.3 Å². The number of rotatable bonds is 4. The molecule has 34 heavy (non-hydrogen) atoms. The van der Waals surface area contributed by atoms with Gasteiger partial charge in [-0.3, -0.25) is 0 Å². The quantitative estimate of drug-likeness (QED) is 0.274. The Morgan fingerprint density at radius 1 is 1.09 bits per heavy atom. The first-order chi connectivity index (χ1) is 15.5. The monoisotopic (exact) mass is 485 g/mol. The minimum absolute atomic E-state index is 0.0679. The number of hydrogen-bond donors (Lipinski definition) is 2.